The largest absolute Gasteiger partial charge is 0.383 e. The first kappa shape index (κ1) is 17.6. The number of nitrogens with zero attached hydrogens (tertiary/aromatic N) is 3. The molecule has 0 aliphatic carbocycles. The van der Waals surface area contributed by atoms with Crippen LogP contribution in [0.3, 0.4) is 0 Å². The molecular weight excluding hydrogens is 309 g/mol. The van der Waals surface area contributed by atoms with Crippen LogP contribution in [0, 0.1) is 5.82 Å². The molecule has 0 aliphatic rings. The van der Waals surface area contributed by atoms with Gasteiger partial charge in [-0.3, -0.25) is 9.59 Å². The Hall–Kier alpha value is -2.76. The van der Waals surface area contributed by atoms with Gasteiger partial charge >= 0.3 is 0 Å². The summed E-state index contributed by atoms with van der Waals surface area (Å²) in [6, 6.07) is 8.25. The summed E-state index contributed by atoms with van der Waals surface area (Å²) in [5.74, 6) is -0.838. The Morgan fingerprint density at radius 3 is 2.54 bits per heavy atom. The number of hydrogen-bond acceptors (Lipinski definition) is 4. The Morgan fingerprint density at radius 2 is 1.96 bits per heavy atom. The number of Topliss-reactive ketones (excluding diaryl/α,β-unsaturated/α-hetero) is 1. The highest BCUT2D eigenvalue weighted by Gasteiger charge is 2.18. The second kappa shape index (κ2) is 7.21. The molecule has 2 aromatic rings. The molecule has 0 N–H and O–H groups in total. The number of rotatable bonds is 5. The average Bonchev–Trinajstić information content (AvgIpc) is 2.52. The van der Waals surface area contributed by atoms with E-state index in [9.17, 15) is 14.0 Å². The van der Waals surface area contributed by atoms with Crippen molar-refractivity contribution in [3.8, 4) is 0 Å². The van der Waals surface area contributed by atoms with E-state index in [0.717, 1.165) is 0 Å². The average molecular weight is 329 g/mol. The second-order valence-corrected chi connectivity index (χ2v) is 5.94. The van der Waals surface area contributed by atoms with Gasteiger partial charge in [-0.25, -0.2) is 9.07 Å². The zero-order chi connectivity index (χ0) is 17.9. The van der Waals surface area contributed by atoms with Gasteiger partial charge < -0.3 is 4.90 Å². The van der Waals surface area contributed by atoms with E-state index in [1.165, 1.54) is 35.0 Å². The van der Waals surface area contributed by atoms with E-state index in [1.54, 1.807) is 31.3 Å². The van der Waals surface area contributed by atoms with Crippen molar-refractivity contribution in [1.29, 1.82) is 0 Å². The molecule has 1 aromatic carbocycles. The molecule has 6 heteroatoms. The molecule has 2 rings (SSSR count). The number of ketones is 1. The normalized spacial score (nSPS) is 11.7. The summed E-state index contributed by atoms with van der Waals surface area (Å²) in [5.41, 5.74) is 0.648. The van der Waals surface area contributed by atoms with Crippen LogP contribution in [-0.4, -0.2) is 34.6 Å². The fraction of sp³-hybridized carbons (Fsp3) is 0.278. The third-order valence-corrected chi connectivity index (χ3v) is 3.31. The molecule has 24 heavy (non-hydrogen) atoms. The lowest BCUT2D eigenvalue weighted by atomic mass is 10.0. The predicted molar refractivity (Wildman–Crippen MR) is 91.3 cm³/mol. The van der Waals surface area contributed by atoms with E-state index in [1.807, 2.05) is 13.8 Å². The smallest absolute Gasteiger partial charge is 0.267 e. The van der Waals surface area contributed by atoms with Crippen molar-refractivity contribution in [1.82, 2.24) is 14.7 Å². The van der Waals surface area contributed by atoms with Crippen LogP contribution in [0.1, 0.15) is 35.9 Å². The Balaban J connectivity index is 2.57. The summed E-state index contributed by atoms with van der Waals surface area (Å²) < 4.78 is 14.8. The molecule has 1 aromatic heterocycles. The molecule has 0 saturated carbocycles. The van der Waals surface area contributed by atoms with Gasteiger partial charge in [-0.15, -0.1) is 0 Å². The van der Waals surface area contributed by atoms with Crippen LogP contribution in [-0.2, 0) is 0 Å². The maximum atomic E-state index is 13.4. The maximum Gasteiger partial charge on any atom is 0.267 e. The molecular formula is C18H20FN3O2. The van der Waals surface area contributed by atoms with E-state index >= 15 is 0 Å². The molecule has 0 saturated heterocycles. The number of hydrogen-bond donors (Lipinski definition) is 0. The van der Waals surface area contributed by atoms with Crippen LogP contribution in [0.25, 0.3) is 5.57 Å². The van der Waals surface area contributed by atoms with Gasteiger partial charge in [-0.1, -0.05) is 12.1 Å². The molecule has 0 radical (unpaired) electrons. The molecule has 0 unspecified atom stereocenters. The van der Waals surface area contributed by atoms with Crippen molar-refractivity contribution in [2.24, 2.45) is 0 Å². The van der Waals surface area contributed by atoms with Gasteiger partial charge in [-0.05, 0) is 32.0 Å². The van der Waals surface area contributed by atoms with E-state index in [-0.39, 0.29) is 22.9 Å². The van der Waals surface area contributed by atoms with Crippen molar-refractivity contribution >= 4 is 11.4 Å². The van der Waals surface area contributed by atoms with E-state index < -0.39 is 5.82 Å². The van der Waals surface area contributed by atoms with Gasteiger partial charge in [-0.2, -0.15) is 5.10 Å². The monoisotopic (exact) mass is 329 g/mol. The number of aromatic nitrogens is 2. The summed E-state index contributed by atoms with van der Waals surface area (Å²) in [4.78, 5) is 26.4. The molecule has 0 fully saturated rings. The fourth-order valence-corrected chi connectivity index (χ4v) is 2.22. The van der Waals surface area contributed by atoms with Gasteiger partial charge in [0.25, 0.3) is 5.56 Å². The van der Waals surface area contributed by atoms with Crippen molar-refractivity contribution in [2.45, 2.75) is 19.9 Å². The summed E-state index contributed by atoms with van der Waals surface area (Å²) in [6.45, 7) is 3.67. The van der Waals surface area contributed by atoms with Gasteiger partial charge in [0.2, 0.25) is 0 Å². The molecule has 0 spiro atoms. The van der Waals surface area contributed by atoms with Crippen LogP contribution >= 0.6 is 0 Å². The SMILES string of the molecule is CC(C)n1nc(C(=CN(C)C)C(=O)c2cccc(F)c2)ccc1=O. The zero-order valence-electron chi connectivity index (χ0n) is 14.2. The van der Waals surface area contributed by atoms with Crippen LogP contribution in [0.15, 0.2) is 47.4 Å². The maximum absolute atomic E-state index is 13.4. The van der Waals surface area contributed by atoms with Crippen LogP contribution in [0.4, 0.5) is 4.39 Å². The van der Waals surface area contributed by atoms with Gasteiger partial charge in [0.1, 0.15) is 5.82 Å². The summed E-state index contributed by atoms with van der Waals surface area (Å²) in [7, 11) is 3.55. The topological polar surface area (TPSA) is 55.2 Å². The molecule has 126 valence electrons. The summed E-state index contributed by atoms with van der Waals surface area (Å²) >= 11 is 0. The minimum absolute atomic E-state index is 0.137. The van der Waals surface area contributed by atoms with E-state index in [4.69, 9.17) is 0 Å². The molecule has 0 atom stereocenters. The highest BCUT2D eigenvalue weighted by molar-refractivity contribution is 6.28. The zero-order valence-corrected chi connectivity index (χ0v) is 14.2. The van der Waals surface area contributed by atoms with Crippen molar-refractivity contribution in [3.63, 3.8) is 0 Å². The minimum Gasteiger partial charge on any atom is -0.383 e. The molecule has 0 amide bonds. The Bertz CT molecular complexity index is 838. The van der Waals surface area contributed by atoms with E-state index in [2.05, 4.69) is 5.10 Å². The molecule has 5 nitrogen and oxygen atoms in total. The first-order valence-corrected chi connectivity index (χ1v) is 7.58. The number of benzene rings is 1. The lowest BCUT2D eigenvalue weighted by Crippen LogP contribution is -2.25. The first-order chi connectivity index (χ1) is 11.3. The van der Waals surface area contributed by atoms with Gasteiger partial charge in [0, 0.05) is 31.9 Å². The number of carbonyl (C=O) groups is 1. The number of halogens is 1. The third-order valence-electron chi connectivity index (χ3n) is 3.31. The highest BCUT2D eigenvalue weighted by Crippen LogP contribution is 2.19. The van der Waals surface area contributed by atoms with Gasteiger partial charge in [0.05, 0.1) is 17.3 Å². The van der Waals surface area contributed by atoms with Crippen molar-refractivity contribution in [2.75, 3.05) is 14.1 Å². The highest BCUT2D eigenvalue weighted by atomic mass is 19.1. The Labute approximate surface area is 140 Å². The Kier molecular flexibility index (Phi) is 5.28. The minimum atomic E-state index is -0.481. The summed E-state index contributed by atoms with van der Waals surface area (Å²) in [6.07, 6.45) is 1.62. The standard InChI is InChI=1S/C18H20FN3O2/c1-12(2)22-17(23)9-8-16(20-22)15(11-21(3)4)18(24)13-6-5-7-14(19)10-13/h5-12H,1-4H3. The first-order valence-electron chi connectivity index (χ1n) is 7.58. The second-order valence-electron chi connectivity index (χ2n) is 5.94. The van der Waals surface area contributed by atoms with Crippen LogP contribution in [0.2, 0.25) is 0 Å². The van der Waals surface area contributed by atoms with Gasteiger partial charge in [0.15, 0.2) is 5.78 Å². The van der Waals surface area contributed by atoms with E-state index in [0.29, 0.717) is 11.3 Å². The molecule has 0 aliphatic heterocycles. The summed E-state index contributed by atoms with van der Waals surface area (Å²) in [5, 5.41) is 4.29. The molecule has 1 heterocycles. The fourth-order valence-electron chi connectivity index (χ4n) is 2.22. The van der Waals surface area contributed by atoms with Crippen LogP contribution in [0.5, 0.6) is 0 Å². The Morgan fingerprint density at radius 1 is 1.25 bits per heavy atom. The number of allylic oxidation sites excluding steroid dienone is 1. The van der Waals surface area contributed by atoms with Crippen molar-refractivity contribution < 1.29 is 9.18 Å². The van der Waals surface area contributed by atoms with Crippen molar-refractivity contribution in [3.05, 3.63) is 70.0 Å². The predicted octanol–water partition coefficient (Wildman–Crippen LogP) is 2.75. The molecule has 0 bridgehead atoms. The lowest BCUT2D eigenvalue weighted by Gasteiger charge is -2.14. The lowest BCUT2D eigenvalue weighted by molar-refractivity contribution is 0.105. The third kappa shape index (κ3) is 3.95. The number of carbonyl (C=O) groups excluding carboxylic acids is 1. The van der Waals surface area contributed by atoms with Crippen LogP contribution < -0.4 is 5.56 Å². The quantitative estimate of drug-likeness (QED) is 0.625.